The summed E-state index contributed by atoms with van der Waals surface area (Å²) in [6, 6.07) is 10.1. The van der Waals surface area contributed by atoms with E-state index in [0.29, 0.717) is 6.61 Å². The zero-order valence-electron chi connectivity index (χ0n) is 11.9. The van der Waals surface area contributed by atoms with Crippen molar-refractivity contribution in [2.75, 3.05) is 13.2 Å². The minimum atomic E-state index is -0.444. The molecule has 1 aromatic rings. The lowest BCUT2D eigenvalue weighted by molar-refractivity contribution is -0.123. The van der Waals surface area contributed by atoms with Crippen molar-refractivity contribution in [3.63, 3.8) is 0 Å². The van der Waals surface area contributed by atoms with Gasteiger partial charge in [0.05, 0.1) is 24.0 Å². The lowest BCUT2D eigenvalue weighted by Gasteiger charge is -2.38. The Morgan fingerprint density at radius 3 is 2.81 bits per heavy atom. The van der Waals surface area contributed by atoms with Crippen LogP contribution in [0.1, 0.15) is 12.8 Å². The van der Waals surface area contributed by atoms with Crippen molar-refractivity contribution >= 4 is 11.8 Å². The molecule has 4 rings (SSSR count). The van der Waals surface area contributed by atoms with Gasteiger partial charge < -0.3 is 19.9 Å². The summed E-state index contributed by atoms with van der Waals surface area (Å²) < 4.78 is 11.7. The van der Waals surface area contributed by atoms with E-state index in [-0.39, 0.29) is 23.7 Å². The van der Waals surface area contributed by atoms with E-state index in [2.05, 4.69) is 17.4 Å². The number of hydrogen-bond acceptors (Lipinski definition) is 5. The van der Waals surface area contributed by atoms with Gasteiger partial charge in [-0.1, -0.05) is 18.2 Å². The quantitative estimate of drug-likeness (QED) is 0.866. The summed E-state index contributed by atoms with van der Waals surface area (Å²) in [7, 11) is 0. The van der Waals surface area contributed by atoms with Crippen LogP contribution in [0.3, 0.4) is 0 Å². The van der Waals surface area contributed by atoms with Gasteiger partial charge in [-0.25, -0.2) is 0 Å². The van der Waals surface area contributed by atoms with E-state index >= 15 is 0 Å². The molecule has 2 saturated heterocycles. The summed E-state index contributed by atoms with van der Waals surface area (Å²) in [6.45, 7) is 1.56. The standard InChI is InChI=1S/C16H21NO3S/c18-14-13(17-8-10-6-7-10)12-9-19-16(20-12)15(14)21-11-4-2-1-3-5-11/h1-5,10,12-18H,6-9H2/t12-,13-,14+,15-,16-/m1/s1. The van der Waals surface area contributed by atoms with Gasteiger partial charge in [0, 0.05) is 4.90 Å². The predicted octanol–water partition coefficient (Wildman–Crippen LogP) is 1.63. The van der Waals surface area contributed by atoms with Gasteiger partial charge in [0.25, 0.3) is 0 Å². The summed E-state index contributed by atoms with van der Waals surface area (Å²) in [5, 5.41) is 14.2. The Morgan fingerprint density at radius 2 is 2.05 bits per heavy atom. The van der Waals surface area contributed by atoms with E-state index < -0.39 is 6.10 Å². The Balaban J connectivity index is 1.46. The predicted molar refractivity (Wildman–Crippen MR) is 81.2 cm³/mol. The molecule has 0 unspecified atom stereocenters. The van der Waals surface area contributed by atoms with E-state index in [1.165, 1.54) is 12.8 Å². The molecule has 2 aliphatic heterocycles. The SMILES string of the molecule is O[C@H]1[C@H](NCC2CC2)[C@H]2CO[C@H](O2)[C@@H]1Sc1ccccc1. The highest BCUT2D eigenvalue weighted by molar-refractivity contribution is 8.00. The number of benzene rings is 1. The highest BCUT2D eigenvalue weighted by Gasteiger charge is 2.50. The van der Waals surface area contributed by atoms with E-state index in [1.54, 1.807) is 11.8 Å². The van der Waals surface area contributed by atoms with E-state index in [9.17, 15) is 5.11 Å². The van der Waals surface area contributed by atoms with Crippen molar-refractivity contribution in [3.8, 4) is 0 Å². The Labute approximate surface area is 129 Å². The number of nitrogens with one attached hydrogen (secondary N) is 1. The van der Waals surface area contributed by atoms with Crippen molar-refractivity contribution in [3.05, 3.63) is 30.3 Å². The maximum absolute atomic E-state index is 10.8. The van der Waals surface area contributed by atoms with Gasteiger partial charge in [-0.05, 0) is 37.4 Å². The van der Waals surface area contributed by atoms with Gasteiger partial charge in [-0.15, -0.1) is 11.8 Å². The molecule has 1 aromatic carbocycles. The number of rotatable bonds is 5. The topological polar surface area (TPSA) is 50.7 Å². The molecule has 1 saturated carbocycles. The summed E-state index contributed by atoms with van der Waals surface area (Å²) >= 11 is 1.65. The maximum Gasteiger partial charge on any atom is 0.172 e. The highest BCUT2D eigenvalue weighted by Crippen LogP contribution is 2.39. The largest absolute Gasteiger partial charge is 0.390 e. The zero-order valence-corrected chi connectivity index (χ0v) is 12.7. The Hall–Kier alpha value is -0.590. The third-order valence-corrected chi connectivity index (χ3v) is 5.78. The fourth-order valence-electron chi connectivity index (χ4n) is 3.04. The van der Waals surface area contributed by atoms with Crippen LogP contribution in [0.2, 0.25) is 0 Å². The zero-order chi connectivity index (χ0) is 14.2. The average Bonchev–Trinajstić information content (AvgIpc) is 3.23. The van der Waals surface area contributed by atoms with Gasteiger partial charge >= 0.3 is 0 Å². The number of aliphatic hydroxyl groups is 1. The number of ether oxygens (including phenoxy) is 2. The molecular formula is C16H21NO3S. The van der Waals surface area contributed by atoms with Crippen molar-refractivity contribution in [1.82, 2.24) is 5.32 Å². The van der Waals surface area contributed by atoms with Crippen LogP contribution in [0.25, 0.3) is 0 Å². The Bertz CT molecular complexity index is 482. The van der Waals surface area contributed by atoms with Gasteiger partial charge in [-0.3, -0.25) is 0 Å². The van der Waals surface area contributed by atoms with Crippen LogP contribution in [0.15, 0.2) is 35.2 Å². The number of aliphatic hydroxyl groups excluding tert-OH is 1. The molecular weight excluding hydrogens is 286 g/mol. The monoisotopic (exact) mass is 307 g/mol. The Morgan fingerprint density at radius 1 is 1.24 bits per heavy atom. The highest BCUT2D eigenvalue weighted by atomic mass is 32.2. The first-order chi connectivity index (χ1) is 10.3. The molecule has 2 bridgehead atoms. The minimum absolute atomic E-state index is 0.0172. The minimum Gasteiger partial charge on any atom is -0.390 e. The number of hydrogen-bond donors (Lipinski definition) is 2. The lowest BCUT2D eigenvalue weighted by atomic mass is 10.00. The molecule has 2 heterocycles. The van der Waals surface area contributed by atoms with Gasteiger partial charge in [0.1, 0.15) is 6.10 Å². The van der Waals surface area contributed by atoms with Crippen molar-refractivity contribution in [2.24, 2.45) is 5.92 Å². The van der Waals surface area contributed by atoms with Crippen LogP contribution in [0.5, 0.6) is 0 Å². The van der Waals surface area contributed by atoms with E-state index in [4.69, 9.17) is 9.47 Å². The molecule has 3 aliphatic rings. The first kappa shape index (κ1) is 14.0. The molecule has 0 amide bonds. The average molecular weight is 307 g/mol. The molecule has 0 radical (unpaired) electrons. The molecule has 1 aliphatic carbocycles. The molecule has 5 atom stereocenters. The molecule has 21 heavy (non-hydrogen) atoms. The van der Waals surface area contributed by atoms with Crippen molar-refractivity contribution < 1.29 is 14.6 Å². The summed E-state index contributed by atoms with van der Waals surface area (Å²) in [4.78, 5) is 1.14. The van der Waals surface area contributed by atoms with Crippen LogP contribution in [-0.4, -0.2) is 48.0 Å². The normalized spacial score (nSPS) is 38.6. The van der Waals surface area contributed by atoms with Crippen LogP contribution in [-0.2, 0) is 9.47 Å². The van der Waals surface area contributed by atoms with Crippen LogP contribution in [0, 0.1) is 5.92 Å². The van der Waals surface area contributed by atoms with Crippen molar-refractivity contribution in [1.29, 1.82) is 0 Å². The van der Waals surface area contributed by atoms with Crippen LogP contribution in [0.4, 0.5) is 0 Å². The fourth-order valence-corrected chi connectivity index (χ4v) is 4.24. The molecule has 2 N–H and O–H groups in total. The van der Waals surface area contributed by atoms with E-state index in [1.807, 2.05) is 18.2 Å². The first-order valence-corrected chi connectivity index (χ1v) is 8.59. The summed E-state index contributed by atoms with van der Waals surface area (Å²) in [6.07, 6.45) is 1.86. The molecule has 114 valence electrons. The van der Waals surface area contributed by atoms with E-state index in [0.717, 1.165) is 17.4 Å². The molecule has 0 spiro atoms. The van der Waals surface area contributed by atoms with Crippen LogP contribution >= 0.6 is 11.8 Å². The van der Waals surface area contributed by atoms with Gasteiger partial charge in [0.2, 0.25) is 0 Å². The summed E-state index contributed by atoms with van der Waals surface area (Å²) in [5.74, 6) is 0.789. The second-order valence-corrected chi connectivity index (χ2v) is 7.39. The third kappa shape index (κ3) is 2.98. The first-order valence-electron chi connectivity index (χ1n) is 7.71. The number of fused-ring (bicyclic) bond motifs is 2. The lowest BCUT2D eigenvalue weighted by Crippen LogP contribution is -2.58. The molecule has 4 nitrogen and oxygen atoms in total. The van der Waals surface area contributed by atoms with Gasteiger partial charge in [-0.2, -0.15) is 0 Å². The third-order valence-electron chi connectivity index (χ3n) is 4.46. The number of thioether (sulfide) groups is 1. The Kier molecular flexibility index (Phi) is 3.94. The fraction of sp³-hybridized carbons (Fsp3) is 0.625. The van der Waals surface area contributed by atoms with Crippen LogP contribution < -0.4 is 5.32 Å². The smallest absolute Gasteiger partial charge is 0.172 e. The molecule has 5 heteroatoms. The summed E-state index contributed by atoms with van der Waals surface area (Å²) in [5.41, 5.74) is 0. The second-order valence-electron chi connectivity index (χ2n) is 6.14. The second kappa shape index (κ2) is 5.89. The molecule has 0 aromatic heterocycles. The van der Waals surface area contributed by atoms with Crippen molar-refractivity contribution in [2.45, 2.75) is 47.5 Å². The maximum atomic E-state index is 10.8. The molecule has 3 fully saturated rings. The van der Waals surface area contributed by atoms with Gasteiger partial charge in [0.15, 0.2) is 6.29 Å².